The smallest absolute Gasteiger partial charge is 0.188 e. The fourth-order valence-electron chi connectivity index (χ4n) is 4.12. The second kappa shape index (κ2) is 9.39. The quantitative estimate of drug-likeness (QED) is 0.450. The van der Waals surface area contributed by atoms with E-state index >= 15 is 0 Å². The Kier molecular flexibility index (Phi) is 7.50. The predicted molar refractivity (Wildman–Crippen MR) is 95.1 cm³/mol. The lowest BCUT2D eigenvalue weighted by molar-refractivity contribution is 0.139. The maximum absolute atomic E-state index is 5.99. The SMILES string of the molecule is CC1CC(C)CN(CCCCN=C(N)NC2CCCCC2)C1. The van der Waals surface area contributed by atoms with E-state index in [9.17, 15) is 0 Å². The van der Waals surface area contributed by atoms with Crippen molar-refractivity contribution in [1.82, 2.24) is 10.2 Å². The van der Waals surface area contributed by atoms with E-state index in [2.05, 4.69) is 29.1 Å². The largest absolute Gasteiger partial charge is 0.370 e. The molecule has 2 aliphatic rings. The highest BCUT2D eigenvalue weighted by molar-refractivity contribution is 5.78. The van der Waals surface area contributed by atoms with Gasteiger partial charge < -0.3 is 16.0 Å². The van der Waals surface area contributed by atoms with Gasteiger partial charge in [0, 0.05) is 25.7 Å². The number of nitrogens with zero attached hydrogens (tertiary/aromatic N) is 2. The summed E-state index contributed by atoms with van der Waals surface area (Å²) in [6, 6.07) is 0.564. The lowest BCUT2D eigenvalue weighted by Gasteiger charge is -2.34. The van der Waals surface area contributed by atoms with E-state index < -0.39 is 0 Å². The third kappa shape index (κ3) is 6.55. The number of aliphatic imine (C=N–C) groups is 1. The van der Waals surface area contributed by atoms with Crippen LogP contribution in [0.3, 0.4) is 0 Å². The van der Waals surface area contributed by atoms with Crippen LogP contribution in [0.2, 0.25) is 0 Å². The zero-order valence-corrected chi connectivity index (χ0v) is 14.7. The maximum Gasteiger partial charge on any atom is 0.188 e. The van der Waals surface area contributed by atoms with Crippen LogP contribution < -0.4 is 11.1 Å². The molecule has 0 bridgehead atoms. The Bertz CT molecular complexity index is 326. The van der Waals surface area contributed by atoms with Crippen molar-refractivity contribution in [2.75, 3.05) is 26.2 Å². The van der Waals surface area contributed by atoms with Gasteiger partial charge in [0.15, 0.2) is 5.96 Å². The van der Waals surface area contributed by atoms with Crippen molar-refractivity contribution in [1.29, 1.82) is 0 Å². The van der Waals surface area contributed by atoms with Crippen LogP contribution in [0.4, 0.5) is 0 Å². The first kappa shape index (κ1) is 17.6. The number of nitrogens with one attached hydrogen (secondary N) is 1. The zero-order valence-electron chi connectivity index (χ0n) is 14.7. The first-order chi connectivity index (χ1) is 10.6. The van der Waals surface area contributed by atoms with Crippen molar-refractivity contribution in [2.24, 2.45) is 22.6 Å². The Morgan fingerprint density at radius 2 is 1.77 bits per heavy atom. The predicted octanol–water partition coefficient (Wildman–Crippen LogP) is 2.98. The van der Waals surface area contributed by atoms with Crippen LogP contribution in [0.25, 0.3) is 0 Å². The molecular weight excluding hydrogens is 272 g/mol. The first-order valence-corrected chi connectivity index (χ1v) is 9.42. The average Bonchev–Trinajstić information content (AvgIpc) is 2.47. The van der Waals surface area contributed by atoms with Gasteiger partial charge in [-0.1, -0.05) is 33.1 Å². The van der Waals surface area contributed by atoms with Gasteiger partial charge in [-0.25, -0.2) is 0 Å². The van der Waals surface area contributed by atoms with Crippen molar-refractivity contribution in [3.05, 3.63) is 0 Å². The summed E-state index contributed by atoms with van der Waals surface area (Å²) in [6.45, 7) is 9.40. The van der Waals surface area contributed by atoms with Gasteiger partial charge in [0.05, 0.1) is 0 Å². The summed E-state index contributed by atoms with van der Waals surface area (Å²) in [4.78, 5) is 7.13. The highest BCUT2D eigenvalue weighted by Gasteiger charge is 2.20. The minimum absolute atomic E-state index is 0.564. The van der Waals surface area contributed by atoms with E-state index in [1.54, 1.807) is 0 Å². The monoisotopic (exact) mass is 308 g/mol. The maximum atomic E-state index is 5.99. The molecule has 22 heavy (non-hydrogen) atoms. The van der Waals surface area contributed by atoms with Crippen molar-refractivity contribution in [2.45, 2.75) is 71.3 Å². The van der Waals surface area contributed by atoms with Crippen molar-refractivity contribution < 1.29 is 0 Å². The molecular formula is C18H36N4. The van der Waals surface area contributed by atoms with E-state index in [-0.39, 0.29) is 0 Å². The molecule has 0 aromatic carbocycles. The minimum Gasteiger partial charge on any atom is -0.370 e. The summed E-state index contributed by atoms with van der Waals surface area (Å²) >= 11 is 0. The average molecular weight is 309 g/mol. The molecule has 0 spiro atoms. The van der Waals surface area contributed by atoms with Crippen LogP contribution in [0, 0.1) is 11.8 Å². The molecule has 0 amide bonds. The number of hydrogen-bond donors (Lipinski definition) is 2. The Morgan fingerprint density at radius 1 is 1.09 bits per heavy atom. The lowest BCUT2D eigenvalue weighted by atomic mass is 9.92. The first-order valence-electron chi connectivity index (χ1n) is 9.42. The third-order valence-electron chi connectivity index (χ3n) is 5.07. The Labute approximate surface area is 136 Å². The van der Waals surface area contributed by atoms with E-state index in [1.165, 1.54) is 64.6 Å². The summed E-state index contributed by atoms with van der Waals surface area (Å²) < 4.78 is 0. The summed E-state index contributed by atoms with van der Waals surface area (Å²) in [7, 11) is 0. The number of hydrogen-bond acceptors (Lipinski definition) is 2. The second-order valence-electron chi connectivity index (χ2n) is 7.66. The lowest BCUT2D eigenvalue weighted by Crippen LogP contribution is -2.41. The molecule has 128 valence electrons. The number of piperidine rings is 1. The van der Waals surface area contributed by atoms with Crippen LogP contribution >= 0.6 is 0 Å². The number of unbranched alkanes of at least 4 members (excludes halogenated alkanes) is 1. The number of guanidine groups is 1. The summed E-state index contributed by atoms with van der Waals surface area (Å²) in [6.07, 6.45) is 10.3. The van der Waals surface area contributed by atoms with Crippen molar-refractivity contribution in [3.63, 3.8) is 0 Å². The molecule has 4 heteroatoms. The molecule has 1 aliphatic heterocycles. The molecule has 0 aromatic rings. The molecule has 1 saturated heterocycles. The standard InChI is InChI=1S/C18H36N4/c1-15-12-16(2)14-22(13-15)11-7-6-10-20-18(19)21-17-8-4-3-5-9-17/h15-17H,3-14H2,1-2H3,(H3,19,20,21). The molecule has 3 N–H and O–H groups in total. The number of likely N-dealkylation sites (tertiary alicyclic amines) is 1. The molecule has 1 heterocycles. The van der Waals surface area contributed by atoms with Gasteiger partial charge in [-0.2, -0.15) is 0 Å². The van der Waals surface area contributed by atoms with Crippen molar-refractivity contribution in [3.8, 4) is 0 Å². The van der Waals surface area contributed by atoms with E-state index in [0.29, 0.717) is 12.0 Å². The highest BCUT2D eigenvalue weighted by atomic mass is 15.1. The zero-order chi connectivity index (χ0) is 15.8. The Balaban J connectivity index is 1.55. The molecule has 2 unspecified atom stereocenters. The number of nitrogens with two attached hydrogens (primary N) is 1. The van der Waals surface area contributed by atoms with Gasteiger partial charge in [0.25, 0.3) is 0 Å². The van der Waals surface area contributed by atoms with Gasteiger partial charge in [0.1, 0.15) is 0 Å². The van der Waals surface area contributed by atoms with Crippen LogP contribution in [-0.2, 0) is 0 Å². The molecule has 0 radical (unpaired) electrons. The van der Waals surface area contributed by atoms with Crippen molar-refractivity contribution >= 4 is 5.96 Å². The normalized spacial score (nSPS) is 28.7. The molecule has 4 nitrogen and oxygen atoms in total. The molecule has 1 aliphatic carbocycles. The molecule has 2 rings (SSSR count). The fraction of sp³-hybridized carbons (Fsp3) is 0.944. The summed E-state index contributed by atoms with van der Waals surface area (Å²) in [5, 5.41) is 3.39. The van der Waals surface area contributed by atoms with Crippen LogP contribution in [0.1, 0.15) is 65.2 Å². The summed E-state index contributed by atoms with van der Waals surface area (Å²) in [5.41, 5.74) is 5.99. The highest BCUT2D eigenvalue weighted by Crippen LogP contribution is 2.21. The molecule has 2 atom stereocenters. The Hall–Kier alpha value is -0.770. The van der Waals surface area contributed by atoms with E-state index in [0.717, 1.165) is 24.8 Å². The topological polar surface area (TPSA) is 53.6 Å². The molecule has 2 fully saturated rings. The Morgan fingerprint density at radius 3 is 2.45 bits per heavy atom. The van der Waals surface area contributed by atoms with Crippen LogP contribution in [0.15, 0.2) is 4.99 Å². The van der Waals surface area contributed by atoms with Gasteiger partial charge in [-0.3, -0.25) is 4.99 Å². The molecule has 0 aromatic heterocycles. The van der Waals surface area contributed by atoms with Gasteiger partial charge >= 0.3 is 0 Å². The minimum atomic E-state index is 0.564. The van der Waals surface area contributed by atoms with E-state index in [1.807, 2.05) is 0 Å². The van der Waals surface area contributed by atoms with Gasteiger partial charge in [-0.05, 0) is 50.5 Å². The van der Waals surface area contributed by atoms with Gasteiger partial charge in [-0.15, -0.1) is 0 Å². The third-order valence-corrected chi connectivity index (χ3v) is 5.07. The van der Waals surface area contributed by atoms with Crippen LogP contribution in [-0.4, -0.2) is 43.1 Å². The number of rotatable bonds is 6. The summed E-state index contributed by atoms with van der Waals surface area (Å²) in [5.74, 6) is 2.38. The fourth-order valence-corrected chi connectivity index (χ4v) is 4.12. The van der Waals surface area contributed by atoms with Gasteiger partial charge in [0.2, 0.25) is 0 Å². The molecule has 1 saturated carbocycles. The van der Waals surface area contributed by atoms with Crippen LogP contribution in [0.5, 0.6) is 0 Å². The van der Waals surface area contributed by atoms with E-state index in [4.69, 9.17) is 5.73 Å². The second-order valence-corrected chi connectivity index (χ2v) is 7.66.